The van der Waals surface area contributed by atoms with Gasteiger partial charge in [0.25, 0.3) is 11.6 Å². The minimum atomic E-state index is -0.518. The normalized spacial score (nSPS) is 12.6. The van der Waals surface area contributed by atoms with Gasteiger partial charge >= 0.3 is 0 Å². The predicted molar refractivity (Wildman–Crippen MR) is 108 cm³/mol. The van der Waals surface area contributed by atoms with Crippen molar-refractivity contribution in [2.45, 2.75) is 19.5 Å². The molecule has 29 heavy (non-hydrogen) atoms. The zero-order valence-electron chi connectivity index (χ0n) is 17.1. The number of hydrogen-bond acceptors (Lipinski definition) is 6. The third kappa shape index (κ3) is 5.14. The fourth-order valence-corrected chi connectivity index (χ4v) is 2.91. The number of hydrogen-bond donors (Lipinski definition) is 2. The first-order chi connectivity index (χ1) is 13.8. The monoisotopic (exact) mass is 404 g/mol. The van der Waals surface area contributed by atoms with Crippen molar-refractivity contribution in [3.05, 3.63) is 52.1 Å². The Balaban J connectivity index is 2.13. The molecule has 1 unspecified atom stereocenters. The number of anilines is 1. The summed E-state index contributed by atoms with van der Waals surface area (Å²) in [6.07, 6.45) is 0. The fourth-order valence-electron chi connectivity index (χ4n) is 2.91. The molecular weight excluding hydrogens is 378 g/mol. The first-order valence-corrected chi connectivity index (χ1v) is 8.97. The van der Waals surface area contributed by atoms with Gasteiger partial charge < -0.3 is 24.4 Å². The van der Waals surface area contributed by atoms with Crippen molar-refractivity contribution < 1.29 is 28.8 Å². The van der Waals surface area contributed by atoms with E-state index in [4.69, 9.17) is 14.2 Å². The summed E-state index contributed by atoms with van der Waals surface area (Å²) in [7, 11) is 6.44. The highest BCUT2D eigenvalue weighted by molar-refractivity contribution is 5.95. The van der Waals surface area contributed by atoms with E-state index in [0.29, 0.717) is 23.7 Å². The molecule has 0 aliphatic heterocycles. The molecule has 0 saturated carbocycles. The van der Waals surface area contributed by atoms with Crippen LogP contribution in [0, 0.1) is 10.1 Å². The van der Waals surface area contributed by atoms with Gasteiger partial charge in [-0.15, -0.1) is 0 Å². The van der Waals surface area contributed by atoms with Crippen molar-refractivity contribution in [1.29, 1.82) is 0 Å². The van der Waals surface area contributed by atoms with Crippen molar-refractivity contribution in [1.82, 2.24) is 0 Å². The number of carbonyl (C=O) groups is 1. The number of non-ortho nitro benzene ring substituents is 1. The number of methoxy groups -OCH3 is 3. The van der Waals surface area contributed by atoms with Crippen LogP contribution >= 0.6 is 0 Å². The van der Waals surface area contributed by atoms with E-state index in [1.807, 2.05) is 25.2 Å². The molecule has 0 aliphatic rings. The third-order valence-electron chi connectivity index (χ3n) is 4.74. The first-order valence-electron chi connectivity index (χ1n) is 8.97. The second kappa shape index (κ2) is 9.74. The van der Waals surface area contributed by atoms with E-state index in [0.717, 1.165) is 10.5 Å². The predicted octanol–water partition coefficient (Wildman–Crippen LogP) is 1.66. The highest BCUT2D eigenvalue weighted by Gasteiger charge is 2.25. The molecule has 0 fully saturated rings. The Hall–Kier alpha value is -3.33. The summed E-state index contributed by atoms with van der Waals surface area (Å²) in [5.74, 6) is 1.26. The maximum absolute atomic E-state index is 12.7. The largest absolute Gasteiger partial charge is 0.494 e. The first kappa shape index (κ1) is 22.0. The topological polar surface area (TPSA) is 104 Å². The Morgan fingerprint density at radius 1 is 1.14 bits per heavy atom. The van der Waals surface area contributed by atoms with E-state index >= 15 is 0 Å². The van der Waals surface area contributed by atoms with Gasteiger partial charge in [-0.3, -0.25) is 14.9 Å². The van der Waals surface area contributed by atoms with Crippen molar-refractivity contribution in [3.63, 3.8) is 0 Å². The minimum absolute atomic E-state index is 0.110. The average Bonchev–Trinajstić information content (AvgIpc) is 2.72. The number of para-hydroxylation sites is 1. The van der Waals surface area contributed by atoms with Crippen molar-refractivity contribution >= 4 is 17.3 Å². The summed E-state index contributed by atoms with van der Waals surface area (Å²) in [5, 5.41) is 13.7. The summed E-state index contributed by atoms with van der Waals surface area (Å²) < 4.78 is 15.9. The average molecular weight is 404 g/mol. The van der Waals surface area contributed by atoms with Crippen LogP contribution in [0.2, 0.25) is 0 Å². The molecule has 0 saturated heterocycles. The van der Waals surface area contributed by atoms with E-state index in [2.05, 4.69) is 5.32 Å². The molecule has 0 aromatic heterocycles. The van der Waals surface area contributed by atoms with E-state index in [9.17, 15) is 14.9 Å². The summed E-state index contributed by atoms with van der Waals surface area (Å²) in [4.78, 5) is 24.1. The molecule has 2 rings (SSSR count). The molecule has 0 heterocycles. The highest BCUT2D eigenvalue weighted by atomic mass is 16.6. The zero-order chi connectivity index (χ0) is 21.6. The van der Waals surface area contributed by atoms with Crippen LogP contribution in [0.1, 0.15) is 12.5 Å². The molecule has 0 aliphatic carbocycles. The number of rotatable bonds is 9. The van der Waals surface area contributed by atoms with Gasteiger partial charge in [-0.25, -0.2) is 0 Å². The van der Waals surface area contributed by atoms with Gasteiger partial charge in [0.15, 0.2) is 17.5 Å². The van der Waals surface area contributed by atoms with Gasteiger partial charge in [-0.1, -0.05) is 6.07 Å². The Morgan fingerprint density at radius 2 is 1.83 bits per heavy atom. The molecule has 1 amide bonds. The van der Waals surface area contributed by atoms with Crippen LogP contribution in [-0.2, 0) is 11.3 Å². The molecule has 0 bridgehead atoms. The molecule has 156 valence electrons. The van der Waals surface area contributed by atoms with Crippen LogP contribution in [0.4, 0.5) is 11.4 Å². The number of nitro groups is 1. The number of carbonyl (C=O) groups excluding carboxylic acids is 1. The van der Waals surface area contributed by atoms with Crippen molar-refractivity contribution in [2.75, 3.05) is 33.7 Å². The number of nitro benzene ring substituents is 1. The number of ether oxygens (including phenoxy) is 3. The van der Waals surface area contributed by atoms with Gasteiger partial charge in [-0.05, 0) is 25.1 Å². The lowest BCUT2D eigenvalue weighted by Crippen LogP contribution is -3.12. The molecule has 2 N–H and O–H groups in total. The van der Waals surface area contributed by atoms with Gasteiger partial charge in [0.1, 0.15) is 12.3 Å². The van der Waals surface area contributed by atoms with E-state index < -0.39 is 11.0 Å². The van der Waals surface area contributed by atoms with E-state index in [-0.39, 0.29) is 17.3 Å². The fraction of sp³-hybridized carbons (Fsp3) is 0.350. The van der Waals surface area contributed by atoms with Gasteiger partial charge in [0.2, 0.25) is 0 Å². The Bertz CT molecular complexity index is 887. The number of amides is 1. The van der Waals surface area contributed by atoms with Crippen molar-refractivity contribution in [2.24, 2.45) is 0 Å². The van der Waals surface area contributed by atoms with Crippen LogP contribution in [0.5, 0.6) is 17.2 Å². The molecule has 2 atom stereocenters. The summed E-state index contributed by atoms with van der Waals surface area (Å²) in [6, 6.07) is 9.26. The number of nitrogens with zero attached hydrogens (tertiary/aromatic N) is 1. The number of likely N-dealkylation sites (N-methyl/N-ethyl adjacent to an activating group) is 1. The van der Waals surface area contributed by atoms with Crippen LogP contribution in [0.15, 0.2) is 36.4 Å². The maximum Gasteiger partial charge on any atom is 0.282 e. The maximum atomic E-state index is 12.7. The molecule has 9 nitrogen and oxygen atoms in total. The van der Waals surface area contributed by atoms with E-state index in [1.165, 1.54) is 25.3 Å². The number of quaternary nitrogens is 1. The lowest BCUT2D eigenvalue weighted by atomic mass is 10.1. The molecular formula is C20H26N3O6+. The van der Waals surface area contributed by atoms with Gasteiger partial charge in [0.05, 0.1) is 50.6 Å². The smallest absolute Gasteiger partial charge is 0.282 e. The zero-order valence-corrected chi connectivity index (χ0v) is 17.1. The Labute approximate surface area is 169 Å². The molecule has 0 radical (unpaired) electrons. The molecule has 2 aromatic rings. The standard InChI is InChI=1S/C20H25N3O6/c1-13(22(2)12-14-7-6-8-17(27-3)19(14)29-5)20(24)21-16-10-9-15(23(25)26)11-18(16)28-4/h6-11,13H,12H2,1-5H3,(H,21,24)/p+1/t13-/m0/s1. The number of nitrogens with one attached hydrogen (secondary N) is 2. The second-order valence-electron chi connectivity index (χ2n) is 6.53. The highest BCUT2D eigenvalue weighted by Crippen LogP contribution is 2.30. The summed E-state index contributed by atoms with van der Waals surface area (Å²) in [5.41, 5.74) is 1.18. The third-order valence-corrected chi connectivity index (χ3v) is 4.74. The lowest BCUT2D eigenvalue weighted by Gasteiger charge is -2.23. The minimum Gasteiger partial charge on any atom is -0.494 e. The van der Waals surface area contributed by atoms with E-state index in [1.54, 1.807) is 21.1 Å². The Kier molecular flexibility index (Phi) is 7.38. The van der Waals surface area contributed by atoms with Crippen molar-refractivity contribution in [3.8, 4) is 17.2 Å². The molecule has 9 heteroatoms. The van der Waals surface area contributed by atoms with Crippen LogP contribution in [-0.4, -0.2) is 45.2 Å². The summed E-state index contributed by atoms with van der Waals surface area (Å²) in [6.45, 7) is 2.33. The summed E-state index contributed by atoms with van der Waals surface area (Å²) >= 11 is 0. The number of benzene rings is 2. The quantitative estimate of drug-likeness (QED) is 0.487. The van der Waals surface area contributed by atoms with Crippen LogP contribution in [0.3, 0.4) is 0 Å². The Morgan fingerprint density at radius 3 is 2.41 bits per heavy atom. The van der Waals surface area contributed by atoms with Crippen LogP contribution < -0.4 is 24.4 Å². The van der Waals surface area contributed by atoms with Gasteiger partial charge in [0, 0.05) is 6.07 Å². The van der Waals surface area contributed by atoms with Gasteiger partial charge in [-0.2, -0.15) is 0 Å². The van der Waals surface area contributed by atoms with Crippen LogP contribution in [0.25, 0.3) is 0 Å². The molecule has 2 aromatic carbocycles. The second-order valence-corrected chi connectivity index (χ2v) is 6.53. The SMILES string of the molecule is COc1cc([N+](=O)[O-])ccc1NC(=O)[C@H](C)[NH+](C)Cc1cccc(OC)c1OC. The lowest BCUT2D eigenvalue weighted by molar-refractivity contribution is -0.907. The molecule has 0 spiro atoms.